The quantitative estimate of drug-likeness (QED) is 0.234. The maximum Gasteiger partial charge on any atom is 0.234 e. The second-order valence-corrected chi connectivity index (χ2v) is 10.7. The highest BCUT2D eigenvalue weighted by molar-refractivity contribution is 6.06. The molecule has 5 rings (SSSR count). The van der Waals surface area contributed by atoms with Crippen molar-refractivity contribution in [3.63, 3.8) is 0 Å². The van der Waals surface area contributed by atoms with E-state index in [1.807, 2.05) is 66.1 Å². The third kappa shape index (κ3) is 7.13. The molecule has 2 unspecified atom stereocenters. The average molecular weight is 584 g/mol. The Morgan fingerprint density at radius 3 is 2.49 bits per heavy atom. The molecule has 0 aliphatic carbocycles. The van der Waals surface area contributed by atoms with Gasteiger partial charge in [-0.1, -0.05) is 40.3 Å². The van der Waals surface area contributed by atoms with Crippen molar-refractivity contribution < 1.29 is 4.79 Å². The zero-order valence-corrected chi connectivity index (χ0v) is 26.9. The van der Waals surface area contributed by atoms with Crippen molar-refractivity contribution in [1.82, 2.24) is 19.9 Å². The molecule has 10 heteroatoms. The van der Waals surface area contributed by atoms with Crippen LogP contribution in [0.3, 0.4) is 0 Å². The number of benzene rings is 1. The number of hydrogen-bond acceptors (Lipinski definition) is 8. The lowest BCUT2D eigenvalue weighted by molar-refractivity contribution is -0.120. The summed E-state index contributed by atoms with van der Waals surface area (Å²) in [5.74, 6) is 2.79. The van der Waals surface area contributed by atoms with Gasteiger partial charge in [0.2, 0.25) is 5.91 Å². The van der Waals surface area contributed by atoms with Crippen molar-refractivity contribution in [2.75, 3.05) is 22.1 Å². The van der Waals surface area contributed by atoms with Gasteiger partial charge in [0.1, 0.15) is 29.8 Å². The molecule has 1 aromatic carbocycles. The maximum atomic E-state index is 12.9. The highest BCUT2D eigenvalue weighted by Crippen LogP contribution is 2.47. The van der Waals surface area contributed by atoms with Crippen LogP contribution in [0, 0.1) is 12.8 Å². The summed E-state index contributed by atoms with van der Waals surface area (Å²) in [6, 6.07) is 6.11. The zero-order chi connectivity index (χ0) is 31.7. The Morgan fingerprint density at radius 1 is 1.19 bits per heavy atom. The van der Waals surface area contributed by atoms with Gasteiger partial charge in [-0.25, -0.2) is 29.9 Å². The van der Waals surface area contributed by atoms with Gasteiger partial charge in [0, 0.05) is 48.2 Å². The molecule has 2 aliphatic heterocycles. The SMILES string of the molecule is C=CN=C(C)N=CC.CC.CCN1c2ncnc(-c3ccc4c(c3)C(C)(CC(C)C)C(=O)N4)c2NC1c1cnc(C)nc1. The van der Waals surface area contributed by atoms with Gasteiger partial charge in [-0.05, 0) is 64.7 Å². The number of aryl methyl sites for hydroxylation is 1. The number of amides is 1. The van der Waals surface area contributed by atoms with E-state index in [4.69, 9.17) is 0 Å². The molecule has 2 atom stereocenters. The summed E-state index contributed by atoms with van der Waals surface area (Å²) in [4.78, 5) is 40.7. The van der Waals surface area contributed by atoms with Crippen molar-refractivity contribution in [1.29, 1.82) is 0 Å². The molecule has 2 N–H and O–H groups in total. The Morgan fingerprint density at radius 2 is 1.88 bits per heavy atom. The fourth-order valence-electron chi connectivity index (χ4n) is 5.43. The lowest BCUT2D eigenvalue weighted by Gasteiger charge is -2.24. The van der Waals surface area contributed by atoms with Crippen molar-refractivity contribution >= 4 is 35.2 Å². The van der Waals surface area contributed by atoms with Gasteiger partial charge in [-0.15, -0.1) is 0 Å². The molecule has 2 aromatic heterocycles. The molecule has 3 aromatic rings. The molecular weight excluding hydrogens is 538 g/mol. The molecule has 228 valence electrons. The lowest BCUT2D eigenvalue weighted by Crippen LogP contribution is -2.32. The van der Waals surface area contributed by atoms with Crippen LogP contribution >= 0.6 is 0 Å². The summed E-state index contributed by atoms with van der Waals surface area (Å²) in [5, 5.41) is 6.67. The molecule has 4 heterocycles. The first kappa shape index (κ1) is 33.0. The van der Waals surface area contributed by atoms with E-state index in [9.17, 15) is 4.79 Å². The molecule has 10 nitrogen and oxygen atoms in total. The van der Waals surface area contributed by atoms with E-state index in [0.717, 1.165) is 64.2 Å². The minimum Gasteiger partial charge on any atom is -0.357 e. The number of aromatic nitrogens is 4. The first-order chi connectivity index (χ1) is 20.6. The van der Waals surface area contributed by atoms with E-state index in [0.29, 0.717) is 5.92 Å². The van der Waals surface area contributed by atoms with Crippen LogP contribution in [0.2, 0.25) is 0 Å². The van der Waals surface area contributed by atoms with E-state index in [1.165, 1.54) is 6.20 Å². The van der Waals surface area contributed by atoms with Gasteiger partial charge in [0.15, 0.2) is 5.82 Å². The number of fused-ring (bicyclic) bond motifs is 2. The Labute approximate surface area is 255 Å². The number of aliphatic imine (C=N–C) groups is 2. The standard InChI is InChI=1S/C25H29N7O.C6H10N2.C2H6/c1-6-32-22(17-11-26-15(4)27-12-17)31-21-20(28-13-29-23(21)32)16-7-8-19-18(9-16)25(5,10-14(2)3)24(33)30-19;1-4-7-6(3)8-5-2;1-2/h7-9,11-14,22,31H,6,10H2,1-5H3,(H,30,33);4-5H,1H2,2-3H3;1-2H3. The van der Waals surface area contributed by atoms with Crippen molar-refractivity contribution in [3.05, 3.63) is 66.7 Å². The molecule has 0 saturated heterocycles. The van der Waals surface area contributed by atoms with Gasteiger partial charge in [0.05, 0.1) is 11.1 Å². The van der Waals surface area contributed by atoms with Crippen LogP contribution in [0.5, 0.6) is 0 Å². The number of rotatable bonds is 6. The number of nitrogens with zero attached hydrogens (tertiary/aromatic N) is 7. The highest BCUT2D eigenvalue weighted by Gasteiger charge is 2.43. The van der Waals surface area contributed by atoms with Crippen LogP contribution in [-0.2, 0) is 10.2 Å². The monoisotopic (exact) mass is 583 g/mol. The lowest BCUT2D eigenvalue weighted by atomic mass is 9.76. The summed E-state index contributed by atoms with van der Waals surface area (Å²) < 4.78 is 0. The predicted molar refractivity (Wildman–Crippen MR) is 178 cm³/mol. The van der Waals surface area contributed by atoms with Crippen LogP contribution in [0.25, 0.3) is 11.3 Å². The Balaban J connectivity index is 0.000000441. The van der Waals surface area contributed by atoms with Gasteiger partial charge in [-0.2, -0.15) is 0 Å². The molecule has 1 amide bonds. The van der Waals surface area contributed by atoms with Crippen LogP contribution < -0.4 is 15.5 Å². The number of amidine groups is 1. The van der Waals surface area contributed by atoms with E-state index in [2.05, 4.69) is 78.9 Å². The first-order valence-corrected chi connectivity index (χ1v) is 14.9. The third-order valence-electron chi connectivity index (χ3n) is 7.20. The van der Waals surface area contributed by atoms with Crippen molar-refractivity contribution in [2.24, 2.45) is 15.9 Å². The second-order valence-electron chi connectivity index (χ2n) is 10.7. The van der Waals surface area contributed by atoms with Crippen LogP contribution in [0.1, 0.15) is 84.9 Å². The number of anilines is 3. The third-order valence-corrected chi connectivity index (χ3v) is 7.20. The molecule has 2 aliphatic rings. The average Bonchev–Trinajstić information content (AvgIpc) is 3.48. The van der Waals surface area contributed by atoms with E-state index in [-0.39, 0.29) is 12.1 Å². The minimum absolute atomic E-state index is 0.0611. The molecule has 0 bridgehead atoms. The molecule has 43 heavy (non-hydrogen) atoms. The summed E-state index contributed by atoms with van der Waals surface area (Å²) in [6.45, 7) is 22.2. The van der Waals surface area contributed by atoms with Gasteiger partial charge in [0.25, 0.3) is 0 Å². The van der Waals surface area contributed by atoms with E-state index < -0.39 is 5.41 Å². The largest absolute Gasteiger partial charge is 0.357 e. The molecule has 0 radical (unpaired) electrons. The molecule has 0 spiro atoms. The van der Waals surface area contributed by atoms with Crippen molar-refractivity contribution in [3.8, 4) is 11.3 Å². The minimum atomic E-state index is -0.555. The Hall–Kier alpha value is -4.47. The second kappa shape index (κ2) is 14.6. The highest BCUT2D eigenvalue weighted by atomic mass is 16.2. The summed E-state index contributed by atoms with van der Waals surface area (Å²) in [6.07, 6.45) is 9.15. The van der Waals surface area contributed by atoms with Gasteiger partial charge >= 0.3 is 0 Å². The first-order valence-electron chi connectivity index (χ1n) is 14.9. The zero-order valence-electron chi connectivity index (χ0n) is 26.9. The molecular formula is C33H45N9O. The molecule has 0 fully saturated rings. The Bertz CT molecular complexity index is 1480. The fraction of sp³-hybridized carbons (Fsp3) is 0.424. The van der Waals surface area contributed by atoms with Crippen LogP contribution in [0.15, 0.2) is 59.7 Å². The summed E-state index contributed by atoms with van der Waals surface area (Å²) in [5.41, 5.74) is 4.99. The number of carbonyl (C=O) groups excluding carboxylic acids is 1. The smallest absolute Gasteiger partial charge is 0.234 e. The van der Waals surface area contributed by atoms with Gasteiger partial charge in [-0.3, -0.25) is 4.79 Å². The van der Waals surface area contributed by atoms with Gasteiger partial charge < -0.3 is 15.5 Å². The fourth-order valence-corrected chi connectivity index (χ4v) is 5.43. The topological polar surface area (TPSA) is 121 Å². The normalized spacial score (nSPS) is 18.7. The predicted octanol–water partition coefficient (Wildman–Crippen LogP) is 7.11. The summed E-state index contributed by atoms with van der Waals surface area (Å²) in [7, 11) is 0. The van der Waals surface area contributed by atoms with Crippen molar-refractivity contribution in [2.45, 2.75) is 80.3 Å². The summed E-state index contributed by atoms with van der Waals surface area (Å²) >= 11 is 0. The van der Waals surface area contributed by atoms with E-state index >= 15 is 0 Å². The molecule has 0 saturated carbocycles. The Kier molecular flexibility index (Phi) is 11.2. The number of carbonyl (C=O) groups is 1. The van der Waals surface area contributed by atoms with Crippen LogP contribution in [-0.4, -0.2) is 44.4 Å². The number of hydrogen-bond donors (Lipinski definition) is 2. The van der Waals surface area contributed by atoms with Crippen LogP contribution in [0.4, 0.5) is 17.2 Å². The number of nitrogens with one attached hydrogen (secondary N) is 2. The maximum absolute atomic E-state index is 12.9. The van der Waals surface area contributed by atoms with E-state index in [1.54, 1.807) is 12.5 Å².